The zero-order valence-corrected chi connectivity index (χ0v) is 12.0. The highest BCUT2D eigenvalue weighted by molar-refractivity contribution is 5.57. The molecule has 2 rings (SSSR count). The van der Waals surface area contributed by atoms with Gasteiger partial charge in [0.15, 0.2) is 5.75 Å². The fourth-order valence-corrected chi connectivity index (χ4v) is 2.32. The molecule has 0 spiro atoms. The van der Waals surface area contributed by atoms with Gasteiger partial charge in [0.05, 0.1) is 12.0 Å². The van der Waals surface area contributed by atoms with Crippen molar-refractivity contribution < 1.29 is 9.66 Å². The van der Waals surface area contributed by atoms with Gasteiger partial charge < -0.3 is 10.1 Å². The maximum atomic E-state index is 10.8. The lowest BCUT2D eigenvalue weighted by Gasteiger charge is -2.20. The zero-order chi connectivity index (χ0) is 14.5. The molecule has 110 valence electrons. The molecule has 1 aliphatic rings. The summed E-state index contributed by atoms with van der Waals surface area (Å²) in [5.41, 5.74) is 0.838. The summed E-state index contributed by atoms with van der Waals surface area (Å²) in [4.78, 5) is 12.8. The number of rotatable bonds is 8. The average Bonchev–Trinajstić information content (AvgIpc) is 3.27. The standard InChI is InChI=1S/C14H21N3O3/c1-3-16(12-5-6-12)9-8-15-11-4-7-13(17(18)19)14(10-11)20-2/h4,7,10,12,15H,3,5-6,8-9H2,1-2H3. The van der Waals surface area contributed by atoms with Crippen LogP contribution >= 0.6 is 0 Å². The molecule has 6 nitrogen and oxygen atoms in total. The number of ether oxygens (including phenoxy) is 1. The number of hydrogen-bond donors (Lipinski definition) is 1. The Hall–Kier alpha value is -1.82. The van der Waals surface area contributed by atoms with Gasteiger partial charge in [0.1, 0.15) is 0 Å². The van der Waals surface area contributed by atoms with Crippen LogP contribution in [-0.4, -0.2) is 42.6 Å². The number of likely N-dealkylation sites (N-methyl/N-ethyl adjacent to an activating group) is 1. The number of benzene rings is 1. The van der Waals surface area contributed by atoms with E-state index in [1.165, 1.54) is 26.0 Å². The Morgan fingerprint density at radius 3 is 2.80 bits per heavy atom. The van der Waals surface area contributed by atoms with Gasteiger partial charge >= 0.3 is 5.69 Å². The first-order chi connectivity index (χ1) is 9.65. The van der Waals surface area contributed by atoms with E-state index in [9.17, 15) is 10.1 Å². The van der Waals surface area contributed by atoms with Crippen LogP contribution in [0.3, 0.4) is 0 Å². The fourth-order valence-electron chi connectivity index (χ4n) is 2.32. The molecule has 6 heteroatoms. The van der Waals surface area contributed by atoms with Crippen molar-refractivity contribution in [1.29, 1.82) is 0 Å². The van der Waals surface area contributed by atoms with E-state index in [4.69, 9.17) is 4.74 Å². The minimum Gasteiger partial charge on any atom is -0.490 e. The molecule has 1 saturated carbocycles. The number of nitrogens with one attached hydrogen (secondary N) is 1. The van der Waals surface area contributed by atoms with Crippen LogP contribution in [0, 0.1) is 10.1 Å². The fraction of sp³-hybridized carbons (Fsp3) is 0.571. The predicted molar refractivity (Wildman–Crippen MR) is 78.4 cm³/mol. The Labute approximate surface area is 118 Å². The Kier molecular flexibility index (Phi) is 4.79. The van der Waals surface area contributed by atoms with E-state index in [0.717, 1.165) is 31.4 Å². The Balaban J connectivity index is 1.90. The summed E-state index contributed by atoms with van der Waals surface area (Å²) in [7, 11) is 1.44. The number of hydrogen-bond acceptors (Lipinski definition) is 5. The molecule has 1 aromatic rings. The molecular weight excluding hydrogens is 258 g/mol. The van der Waals surface area contributed by atoms with Crippen molar-refractivity contribution in [3.8, 4) is 5.75 Å². The molecule has 0 heterocycles. The summed E-state index contributed by atoms with van der Waals surface area (Å²) in [5.74, 6) is 0.287. The first kappa shape index (κ1) is 14.6. The van der Waals surface area contributed by atoms with E-state index in [1.807, 2.05) is 0 Å². The van der Waals surface area contributed by atoms with Crippen molar-refractivity contribution in [2.75, 3.05) is 32.1 Å². The highest BCUT2D eigenvalue weighted by Gasteiger charge is 2.27. The van der Waals surface area contributed by atoms with Crippen molar-refractivity contribution >= 4 is 11.4 Å². The molecule has 0 bridgehead atoms. The highest BCUT2D eigenvalue weighted by Crippen LogP contribution is 2.30. The molecule has 1 aliphatic carbocycles. The minimum absolute atomic E-state index is 0.00813. The van der Waals surface area contributed by atoms with E-state index >= 15 is 0 Å². The lowest BCUT2D eigenvalue weighted by Crippen LogP contribution is -2.30. The van der Waals surface area contributed by atoms with E-state index in [2.05, 4.69) is 17.1 Å². The van der Waals surface area contributed by atoms with Crippen LogP contribution in [0.25, 0.3) is 0 Å². The summed E-state index contributed by atoms with van der Waals surface area (Å²) < 4.78 is 5.05. The number of nitro benzene ring substituents is 1. The van der Waals surface area contributed by atoms with Gasteiger partial charge in [-0.05, 0) is 25.5 Å². The molecule has 0 radical (unpaired) electrons. The van der Waals surface area contributed by atoms with Crippen molar-refractivity contribution in [2.24, 2.45) is 0 Å². The third kappa shape index (κ3) is 3.60. The molecule has 0 unspecified atom stereocenters. The molecule has 0 saturated heterocycles. The predicted octanol–water partition coefficient (Wildman–Crippen LogP) is 2.50. The number of nitrogens with zero attached hydrogens (tertiary/aromatic N) is 2. The van der Waals surface area contributed by atoms with Crippen LogP contribution in [0.15, 0.2) is 18.2 Å². The van der Waals surface area contributed by atoms with Gasteiger partial charge in [-0.2, -0.15) is 0 Å². The SMILES string of the molecule is CCN(CCNc1ccc([N+](=O)[O-])c(OC)c1)C1CC1. The van der Waals surface area contributed by atoms with Gasteiger partial charge in [0, 0.05) is 37.0 Å². The third-order valence-electron chi connectivity index (χ3n) is 3.57. The van der Waals surface area contributed by atoms with Crippen molar-refractivity contribution in [3.05, 3.63) is 28.3 Å². The van der Waals surface area contributed by atoms with Crippen LogP contribution in [0.1, 0.15) is 19.8 Å². The lowest BCUT2D eigenvalue weighted by atomic mass is 10.2. The van der Waals surface area contributed by atoms with Crippen molar-refractivity contribution in [1.82, 2.24) is 4.90 Å². The second-order valence-corrected chi connectivity index (χ2v) is 4.93. The Morgan fingerprint density at radius 2 is 2.25 bits per heavy atom. The quantitative estimate of drug-likeness (QED) is 0.585. The number of anilines is 1. The maximum absolute atomic E-state index is 10.8. The smallest absolute Gasteiger partial charge is 0.311 e. The van der Waals surface area contributed by atoms with Crippen LogP contribution in [0.2, 0.25) is 0 Å². The zero-order valence-electron chi connectivity index (χ0n) is 12.0. The molecule has 0 aliphatic heterocycles. The molecule has 1 N–H and O–H groups in total. The normalized spacial score (nSPS) is 14.3. The average molecular weight is 279 g/mol. The minimum atomic E-state index is -0.436. The Bertz CT molecular complexity index is 475. The van der Waals surface area contributed by atoms with Gasteiger partial charge in [0.25, 0.3) is 0 Å². The van der Waals surface area contributed by atoms with Gasteiger partial charge in [-0.25, -0.2) is 0 Å². The second kappa shape index (κ2) is 6.56. The molecule has 0 aromatic heterocycles. The van der Waals surface area contributed by atoms with Crippen molar-refractivity contribution in [3.63, 3.8) is 0 Å². The van der Waals surface area contributed by atoms with Gasteiger partial charge in [-0.3, -0.25) is 15.0 Å². The summed E-state index contributed by atoms with van der Waals surface area (Å²) in [6.07, 6.45) is 2.61. The topological polar surface area (TPSA) is 67.6 Å². The first-order valence-corrected chi connectivity index (χ1v) is 6.96. The van der Waals surface area contributed by atoms with Crippen molar-refractivity contribution in [2.45, 2.75) is 25.8 Å². The largest absolute Gasteiger partial charge is 0.490 e. The Morgan fingerprint density at radius 1 is 1.50 bits per heavy atom. The summed E-state index contributed by atoms with van der Waals surface area (Å²) in [5, 5.41) is 14.1. The molecular formula is C14H21N3O3. The molecule has 0 atom stereocenters. The third-order valence-corrected chi connectivity index (χ3v) is 3.57. The number of nitro groups is 1. The summed E-state index contributed by atoms with van der Waals surface area (Å²) >= 11 is 0. The van der Waals surface area contributed by atoms with Crippen LogP contribution < -0.4 is 10.1 Å². The lowest BCUT2D eigenvalue weighted by molar-refractivity contribution is -0.385. The molecule has 0 amide bonds. The number of methoxy groups -OCH3 is 1. The monoisotopic (exact) mass is 279 g/mol. The molecule has 1 aromatic carbocycles. The van der Waals surface area contributed by atoms with Gasteiger partial charge in [-0.1, -0.05) is 6.92 Å². The van der Waals surface area contributed by atoms with Crippen LogP contribution in [-0.2, 0) is 0 Å². The van der Waals surface area contributed by atoms with E-state index in [-0.39, 0.29) is 11.4 Å². The molecule has 1 fully saturated rings. The maximum Gasteiger partial charge on any atom is 0.311 e. The highest BCUT2D eigenvalue weighted by atomic mass is 16.6. The second-order valence-electron chi connectivity index (χ2n) is 4.93. The van der Waals surface area contributed by atoms with Gasteiger partial charge in [-0.15, -0.1) is 0 Å². The first-order valence-electron chi connectivity index (χ1n) is 6.96. The summed E-state index contributed by atoms with van der Waals surface area (Å²) in [6, 6.07) is 5.62. The van der Waals surface area contributed by atoms with Crippen LogP contribution in [0.4, 0.5) is 11.4 Å². The van der Waals surface area contributed by atoms with E-state index in [0.29, 0.717) is 0 Å². The summed E-state index contributed by atoms with van der Waals surface area (Å²) in [6.45, 7) is 5.05. The van der Waals surface area contributed by atoms with E-state index < -0.39 is 4.92 Å². The van der Waals surface area contributed by atoms with E-state index in [1.54, 1.807) is 12.1 Å². The van der Waals surface area contributed by atoms with Gasteiger partial charge in [0.2, 0.25) is 0 Å². The van der Waals surface area contributed by atoms with Crippen LogP contribution in [0.5, 0.6) is 5.75 Å². The molecule has 20 heavy (non-hydrogen) atoms.